The highest BCUT2D eigenvalue weighted by atomic mass is 16.2. The Kier molecular flexibility index (Phi) is 4.66. The second kappa shape index (κ2) is 6.66. The van der Waals surface area contributed by atoms with E-state index in [2.05, 4.69) is 5.32 Å². The van der Waals surface area contributed by atoms with Crippen molar-refractivity contribution in [3.8, 4) is 11.1 Å². The van der Waals surface area contributed by atoms with E-state index >= 15 is 0 Å². The number of ketones is 1. The normalized spacial score (nSPS) is 10.1. The molecule has 0 radical (unpaired) electrons. The van der Waals surface area contributed by atoms with Crippen LogP contribution in [0.5, 0.6) is 0 Å². The van der Waals surface area contributed by atoms with Crippen LogP contribution in [0.1, 0.15) is 23.2 Å². The molecule has 0 bridgehead atoms. The molecule has 0 saturated carbocycles. The van der Waals surface area contributed by atoms with Crippen molar-refractivity contribution in [1.82, 2.24) is 5.32 Å². The summed E-state index contributed by atoms with van der Waals surface area (Å²) < 4.78 is 0. The van der Waals surface area contributed by atoms with E-state index in [-0.39, 0.29) is 24.5 Å². The Labute approximate surface area is 118 Å². The van der Waals surface area contributed by atoms with E-state index < -0.39 is 0 Å². The van der Waals surface area contributed by atoms with Crippen molar-refractivity contribution in [3.05, 3.63) is 60.2 Å². The lowest BCUT2D eigenvalue weighted by molar-refractivity contribution is -0.120. The molecule has 0 fully saturated rings. The van der Waals surface area contributed by atoms with Gasteiger partial charge in [0.15, 0.2) is 5.78 Å². The van der Waals surface area contributed by atoms with E-state index in [9.17, 15) is 9.59 Å². The molecular weight excluding hydrogens is 250 g/mol. The van der Waals surface area contributed by atoms with Gasteiger partial charge in [0.25, 0.3) is 0 Å². The van der Waals surface area contributed by atoms with Crippen LogP contribution in [0.2, 0.25) is 0 Å². The maximum absolute atomic E-state index is 11.9. The van der Waals surface area contributed by atoms with Gasteiger partial charge in [0.1, 0.15) is 0 Å². The molecule has 2 aromatic carbocycles. The highest BCUT2D eigenvalue weighted by molar-refractivity contribution is 5.98. The zero-order valence-electron chi connectivity index (χ0n) is 11.4. The fourth-order valence-electron chi connectivity index (χ4n) is 1.98. The van der Waals surface area contributed by atoms with Gasteiger partial charge >= 0.3 is 0 Å². The third kappa shape index (κ3) is 3.54. The van der Waals surface area contributed by atoms with Crippen molar-refractivity contribution in [3.63, 3.8) is 0 Å². The maximum Gasteiger partial charge on any atom is 0.220 e. The summed E-state index contributed by atoms with van der Waals surface area (Å²) in [6.45, 7) is 0. The van der Waals surface area contributed by atoms with Crippen LogP contribution >= 0.6 is 0 Å². The number of hydrogen-bond acceptors (Lipinski definition) is 2. The molecule has 0 saturated heterocycles. The Morgan fingerprint density at radius 2 is 1.45 bits per heavy atom. The SMILES string of the molecule is CNC(=O)CCC(=O)c1ccc(-c2ccccc2)cc1. The van der Waals surface area contributed by atoms with E-state index in [4.69, 9.17) is 0 Å². The molecule has 3 heteroatoms. The standard InChI is InChI=1S/C17H17NO2/c1-18-17(20)12-11-16(19)15-9-7-14(8-10-15)13-5-3-2-4-6-13/h2-10H,11-12H2,1H3,(H,18,20). The maximum atomic E-state index is 11.9. The third-order valence-corrected chi connectivity index (χ3v) is 3.17. The fraction of sp³-hybridized carbons (Fsp3) is 0.176. The van der Waals surface area contributed by atoms with Crippen molar-refractivity contribution in [2.75, 3.05) is 7.05 Å². The Bertz CT molecular complexity index is 588. The zero-order valence-corrected chi connectivity index (χ0v) is 11.4. The smallest absolute Gasteiger partial charge is 0.220 e. The van der Waals surface area contributed by atoms with Crippen molar-refractivity contribution < 1.29 is 9.59 Å². The first-order valence-corrected chi connectivity index (χ1v) is 6.60. The van der Waals surface area contributed by atoms with Crippen LogP contribution in [0.3, 0.4) is 0 Å². The number of amides is 1. The number of Topliss-reactive ketones (excluding diaryl/α,β-unsaturated/α-hetero) is 1. The molecular formula is C17H17NO2. The minimum Gasteiger partial charge on any atom is -0.359 e. The topological polar surface area (TPSA) is 46.2 Å². The lowest BCUT2D eigenvalue weighted by atomic mass is 10.0. The largest absolute Gasteiger partial charge is 0.359 e. The number of nitrogens with one attached hydrogen (secondary N) is 1. The molecule has 1 amide bonds. The van der Waals surface area contributed by atoms with Gasteiger partial charge < -0.3 is 5.32 Å². The number of rotatable bonds is 5. The Hall–Kier alpha value is -2.42. The number of carbonyl (C=O) groups excluding carboxylic acids is 2. The highest BCUT2D eigenvalue weighted by Crippen LogP contribution is 2.19. The van der Waals surface area contributed by atoms with Crippen molar-refractivity contribution in [2.45, 2.75) is 12.8 Å². The second-order valence-corrected chi connectivity index (χ2v) is 4.54. The molecule has 1 N–H and O–H groups in total. The van der Waals surface area contributed by atoms with Gasteiger partial charge in [0.05, 0.1) is 0 Å². The Balaban J connectivity index is 2.05. The number of carbonyl (C=O) groups is 2. The van der Waals surface area contributed by atoms with Gasteiger partial charge in [-0.15, -0.1) is 0 Å². The molecule has 0 aliphatic rings. The predicted octanol–water partition coefficient (Wildman–Crippen LogP) is 3.06. The molecule has 0 aromatic heterocycles. The van der Waals surface area contributed by atoms with Crippen LogP contribution in [0.25, 0.3) is 11.1 Å². The van der Waals surface area contributed by atoms with E-state index in [0.717, 1.165) is 11.1 Å². The summed E-state index contributed by atoms with van der Waals surface area (Å²) in [7, 11) is 1.57. The average molecular weight is 267 g/mol. The van der Waals surface area contributed by atoms with E-state index in [0.29, 0.717) is 5.56 Å². The van der Waals surface area contributed by atoms with Crippen LogP contribution in [-0.4, -0.2) is 18.7 Å². The first-order valence-electron chi connectivity index (χ1n) is 6.60. The van der Waals surface area contributed by atoms with Gasteiger partial charge in [-0.1, -0.05) is 54.6 Å². The van der Waals surface area contributed by atoms with E-state index in [1.54, 1.807) is 7.05 Å². The molecule has 0 heterocycles. The van der Waals surface area contributed by atoms with Gasteiger partial charge in [0.2, 0.25) is 5.91 Å². The zero-order chi connectivity index (χ0) is 14.4. The molecule has 20 heavy (non-hydrogen) atoms. The molecule has 0 atom stereocenters. The summed E-state index contributed by atoms with van der Waals surface area (Å²) in [6.07, 6.45) is 0.472. The highest BCUT2D eigenvalue weighted by Gasteiger charge is 2.08. The van der Waals surface area contributed by atoms with Crippen LogP contribution in [0.15, 0.2) is 54.6 Å². The lowest BCUT2D eigenvalue weighted by Crippen LogP contribution is -2.18. The van der Waals surface area contributed by atoms with Gasteiger partial charge in [-0.2, -0.15) is 0 Å². The molecule has 0 unspecified atom stereocenters. The van der Waals surface area contributed by atoms with Crippen LogP contribution in [0.4, 0.5) is 0 Å². The minimum atomic E-state index is -0.112. The van der Waals surface area contributed by atoms with Crippen molar-refractivity contribution >= 4 is 11.7 Å². The number of benzene rings is 2. The summed E-state index contributed by atoms with van der Waals surface area (Å²) in [4.78, 5) is 23.1. The third-order valence-electron chi connectivity index (χ3n) is 3.17. The van der Waals surface area contributed by atoms with Gasteiger partial charge in [-0.25, -0.2) is 0 Å². The first-order chi connectivity index (χ1) is 9.70. The average Bonchev–Trinajstić information content (AvgIpc) is 2.53. The van der Waals surface area contributed by atoms with Crippen molar-refractivity contribution in [2.24, 2.45) is 0 Å². The first kappa shape index (κ1) is 14.0. The molecule has 0 aliphatic heterocycles. The van der Waals surface area contributed by atoms with E-state index in [1.165, 1.54) is 0 Å². The molecule has 2 rings (SSSR count). The minimum absolute atomic E-state index is 0.00629. The van der Waals surface area contributed by atoms with Gasteiger partial charge in [-0.05, 0) is 11.1 Å². The van der Waals surface area contributed by atoms with E-state index in [1.807, 2.05) is 54.6 Å². The van der Waals surface area contributed by atoms with Gasteiger partial charge in [-0.3, -0.25) is 9.59 Å². The summed E-state index contributed by atoms with van der Waals surface area (Å²) in [5.74, 6) is -0.118. The Morgan fingerprint density at radius 3 is 2.05 bits per heavy atom. The fourth-order valence-corrected chi connectivity index (χ4v) is 1.98. The number of hydrogen-bond donors (Lipinski definition) is 1. The molecule has 0 spiro atoms. The van der Waals surface area contributed by atoms with Gasteiger partial charge in [0, 0.05) is 25.5 Å². The summed E-state index contributed by atoms with van der Waals surface area (Å²) in [5.41, 5.74) is 2.85. The molecule has 0 aliphatic carbocycles. The Morgan fingerprint density at radius 1 is 0.850 bits per heavy atom. The quantitative estimate of drug-likeness (QED) is 0.846. The molecule has 102 valence electrons. The molecule has 3 nitrogen and oxygen atoms in total. The summed E-state index contributed by atoms with van der Waals surface area (Å²) in [6, 6.07) is 17.5. The van der Waals surface area contributed by atoms with Crippen LogP contribution in [0, 0.1) is 0 Å². The predicted molar refractivity (Wildman–Crippen MR) is 79.5 cm³/mol. The van der Waals surface area contributed by atoms with Crippen LogP contribution < -0.4 is 5.32 Å². The monoisotopic (exact) mass is 267 g/mol. The molecule has 2 aromatic rings. The van der Waals surface area contributed by atoms with Crippen LogP contribution in [-0.2, 0) is 4.79 Å². The lowest BCUT2D eigenvalue weighted by Gasteiger charge is -2.04. The summed E-state index contributed by atoms with van der Waals surface area (Å²) >= 11 is 0. The summed E-state index contributed by atoms with van der Waals surface area (Å²) in [5, 5.41) is 2.51. The second-order valence-electron chi connectivity index (χ2n) is 4.54. The van der Waals surface area contributed by atoms with Crippen molar-refractivity contribution in [1.29, 1.82) is 0 Å².